The molecule has 6 nitrogen and oxygen atoms in total. The molecule has 0 saturated heterocycles. The largest absolute Gasteiger partial charge is 0.465 e. The number of anilines is 1. The predicted octanol–water partition coefficient (Wildman–Crippen LogP) is 1.30. The van der Waals surface area contributed by atoms with E-state index in [0.717, 1.165) is 11.3 Å². The van der Waals surface area contributed by atoms with Crippen molar-refractivity contribution in [1.82, 2.24) is 5.32 Å². The van der Waals surface area contributed by atoms with Crippen molar-refractivity contribution in [2.45, 2.75) is 6.92 Å². The minimum Gasteiger partial charge on any atom is -0.465 e. The summed E-state index contributed by atoms with van der Waals surface area (Å²) in [6.45, 7) is 1.78. The maximum absolute atomic E-state index is 11.3. The third-order valence-corrected chi connectivity index (χ3v) is 2.56. The summed E-state index contributed by atoms with van der Waals surface area (Å²) in [4.78, 5) is 22.8. The number of thiophene rings is 1. The number of rotatable bonds is 4. The highest BCUT2D eigenvalue weighted by molar-refractivity contribution is 7.16. The van der Waals surface area contributed by atoms with Gasteiger partial charge in [-0.1, -0.05) is 0 Å². The molecule has 2 N–H and O–H groups in total. The fourth-order valence-corrected chi connectivity index (χ4v) is 1.68. The third-order valence-electron chi connectivity index (χ3n) is 1.65. The third kappa shape index (κ3) is 4.53. The molecule has 0 unspecified atom stereocenters. The van der Waals surface area contributed by atoms with Gasteiger partial charge in [0.2, 0.25) is 0 Å². The van der Waals surface area contributed by atoms with Crippen molar-refractivity contribution in [2.75, 3.05) is 18.5 Å². The molecule has 17 heavy (non-hydrogen) atoms. The molecular formula is C10H11N3O3S. The Balaban J connectivity index is 2.35. The molecule has 1 rings (SSSR count). The second-order valence-electron chi connectivity index (χ2n) is 2.89. The van der Waals surface area contributed by atoms with Gasteiger partial charge in [-0.25, -0.2) is 4.79 Å². The number of nitrogens with one attached hydrogen (secondary N) is 2. The molecule has 2 amide bonds. The summed E-state index contributed by atoms with van der Waals surface area (Å²) in [5.74, 6) is -0.494. The Kier molecular flexibility index (Phi) is 4.97. The maximum Gasteiger partial charge on any atom is 0.325 e. The molecule has 0 aliphatic rings. The van der Waals surface area contributed by atoms with Crippen molar-refractivity contribution < 1.29 is 14.3 Å². The second-order valence-corrected chi connectivity index (χ2v) is 3.97. The van der Waals surface area contributed by atoms with Crippen molar-refractivity contribution in [2.24, 2.45) is 0 Å². The summed E-state index contributed by atoms with van der Waals surface area (Å²) in [5.41, 5.74) is 0. The molecular weight excluding hydrogens is 242 g/mol. The van der Waals surface area contributed by atoms with Gasteiger partial charge in [-0.15, -0.1) is 11.3 Å². The highest BCUT2D eigenvalue weighted by Crippen LogP contribution is 2.20. The number of nitrogens with zero attached hydrogens (tertiary/aromatic N) is 1. The van der Waals surface area contributed by atoms with Gasteiger partial charge in [0, 0.05) is 0 Å². The lowest BCUT2D eigenvalue weighted by molar-refractivity contribution is -0.141. The van der Waals surface area contributed by atoms with E-state index in [0.29, 0.717) is 9.88 Å². The van der Waals surface area contributed by atoms with Crippen LogP contribution in [0.25, 0.3) is 0 Å². The molecule has 0 aliphatic carbocycles. The van der Waals surface area contributed by atoms with Crippen molar-refractivity contribution in [1.29, 1.82) is 5.26 Å². The first-order chi connectivity index (χ1) is 8.15. The van der Waals surface area contributed by atoms with Gasteiger partial charge >= 0.3 is 12.0 Å². The standard InChI is InChI=1S/C10H11N3O3S/c1-2-16-9(14)6-12-10(15)13-8-4-3-7(5-11)17-8/h3-4H,2,6H2,1H3,(H2,12,13,15). The summed E-state index contributed by atoms with van der Waals surface area (Å²) in [5, 5.41) is 14.0. The van der Waals surface area contributed by atoms with Crippen molar-refractivity contribution >= 4 is 28.3 Å². The zero-order valence-electron chi connectivity index (χ0n) is 9.15. The van der Waals surface area contributed by atoms with E-state index in [1.54, 1.807) is 19.1 Å². The normalized spacial score (nSPS) is 9.18. The molecule has 0 aromatic carbocycles. The van der Waals surface area contributed by atoms with Crippen LogP contribution in [0.5, 0.6) is 0 Å². The molecule has 0 aliphatic heterocycles. The first kappa shape index (κ1) is 13.0. The van der Waals surface area contributed by atoms with Gasteiger partial charge in [-0.3, -0.25) is 10.1 Å². The molecule has 0 fully saturated rings. The van der Waals surface area contributed by atoms with Crippen LogP contribution in [0.15, 0.2) is 12.1 Å². The lowest BCUT2D eigenvalue weighted by Gasteiger charge is -2.05. The van der Waals surface area contributed by atoms with E-state index < -0.39 is 12.0 Å². The average Bonchev–Trinajstić information content (AvgIpc) is 2.74. The smallest absolute Gasteiger partial charge is 0.325 e. The monoisotopic (exact) mass is 253 g/mol. The van der Waals surface area contributed by atoms with Crippen LogP contribution in [0.2, 0.25) is 0 Å². The fraction of sp³-hybridized carbons (Fsp3) is 0.300. The predicted molar refractivity (Wildman–Crippen MR) is 62.7 cm³/mol. The van der Waals surface area contributed by atoms with Crippen LogP contribution in [0.1, 0.15) is 11.8 Å². The highest BCUT2D eigenvalue weighted by atomic mass is 32.1. The molecule has 1 aromatic heterocycles. The molecule has 1 aromatic rings. The number of nitriles is 1. The minimum absolute atomic E-state index is 0.184. The van der Waals surface area contributed by atoms with Gasteiger partial charge in [0.05, 0.1) is 11.6 Å². The molecule has 7 heteroatoms. The SMILES string of the molecule is CCOC(=O)CNC(=O)Nc1ccc(C#N)s1. The van der Waals surface area contributed by atoms with E-state index in [9.17, 15) is 9.59 Å². The van der Waals surface area contributed by atoms with Gasteiger partial charge in [-0.05, 0) is 19.1 Å². The average molecular weight is 253 g/mol. The van der Waals surface area contributed by atoms with Crippen LogP contribution in [-0.2, 0) is 9.53 Å². The Morgan fingerprint density at radius 1 is 1.53 bits per heavy atom. The number of hydrogen-bond acceptors (Lipinski definition) is 5. The quantitative estimate of drug-likeness (QED) is 0.791. The van der Waals surface area contributed by atoms with Crippen LogP contribution >= 0.6 is 11.3 Å². The number of esters is 1. The van der Waals surface area contributed by atoms with Crippen molar-refractivity contribution in [3.63, 3.8) is 0 Å². The molecule has 0 spiro atoms. The molecule has 0 radical (unpaired) electrons. The molecule has 0 bridgehead atoms. The van der Waals surface area contributed by atoms with Crippen LogP contribution in [0, 0.1) is 11.3 Å². The van der Waals surface area contributed by atoms with E-state index in [2.05, 4.69) is 15.4 Å². The minimum atomic E-state index is -0.510. The molecule has 1 heterocycles. The molecule has 0 saturated carbocycles. The number of ether oxygens (including phenoxy) is 1. The van der Waals surface area contributed by atoms with Gasteiger partial charge in [-0.2, -0.15) is 5.26 Å². The van der Waals surface area contributed by atoms with E-state index in [1.165, 1.54) is 0 Å². The van der Waals surface area contributed by atoms with Crippen LogP contribution in [-0.4, -0.2) is 25.2 Å². The topological polar surface area (TPSA) is 91.2 Å². The van der Waals surface area contributed by atoms with Crippen LogP contribution in [0.3, 0.4) is 0 Å². The summed E-state index contributed by atoms with van der Waals surface area (Å²) in [6, 6.07) is 4.67. The van der Waals surface area contributed by atoms with Crippen LogP contribution in [0.4, 0.5) is 9.80 Å². The lowest BCUT2D eigenvalue weighted by atomic mass is 10.5. The fourth-order valence-electron chi connectivity index (χ4n) is 0.986. The van der Waals surface area contributed by atoms with Crippen molar-refractivity contribution in [3.8, 4) is 6.07 Å². The second kappa shape index (κ2) is 6.50. The first-order valence-electron chi connectivity index (χ1n) is 4.86. The Morgan fingerprint density at radius 2 is 2.29 bits per heavy atom. The summed E-state index contributed by atoms with van der Waals surface area (Å²) in [6.07, 6.45) is 0. The summed E-state index contributed by atoms with van der Waals surface area (Å²) < 4.78 is 4.64. The zero-order valence-corrected chi connectivity index (χ0v) is 9.97. The number of carbonyl (C=O) groups excluding carboxylic acids is 2. The van der Waals surface area contributed by atoms with Crippen LogP contribution < -0.4 is 10.6 Å². The van der Waals surface area contributed by atoms with Gasteiger partial charge in [0.25, 0.3) is 0 Å². The van der Waals surface area contributed by atoms with Gasteiger partial charge in [0.1, 0.15) is 17.5 Å². The van der Waals surface area contributed by atoms with Crippen molar-refractivity contribution in [3.05, 3.63) is 17.0 Å². The molecule has 90 valence electrons. The number of amides is 2. The van der Waals surface area contributed by atoms with E-state index in [1.807, 2.05) is 6.07 Å². The first-order valence-corrected chi connectivity index (χ1v) is 5.67. The zero-order chi connectivity index (χ0) is 12.7. The lowest BCUT2D eigenvalue weighted by Crippen LogP contribution is -2.33. The highest BCUT2D eigenvalue weighted by Gasteiger charge is 2.07. The Morgan fingerprint density at radius 3 is 2.88 bits per heavy atom. The Bertz CT molecular complexity index is 450. The molecule has 0 atom stereocenters. The summed E-state index contributed by atoms with van der Waals surface area (Å²) in [7, 11) is 0. The van der Waals surface area contributed by atoms with E-state index >= 15 is 0 Å². The number of urea groups is 1. The van der Waals surface area contributed by atoms with Gasteiger partial charge < -0.3 is 10.1 Å². The van der Waals surface area contributed by atoms with E-state index in [4.69, 9.17) is 5.26 Å². The maximum atomic E-state index is 11.3. The Labute approximate surface area is 102 Å². The van der Waals surface area contributed by atoms with E-state index in [-0.39, 0.29) is 13.2 Å². The number of hydrogen-bond donors (Lipinski definition) is 2. The van der Waals surface area contributed by atoms with Gasteiger partial charge in [0.15, 0.2) is 0 Å². The Hall–Kier alpha value is -2.07. The number of carbonyl (C=O) groups is 2. The summed E-state index contributed by atoms with van der Waals surface area (Å²) >= 11 is 1.16.